The molecule has 0 unspecified atom stereocenters. The molecular weight excluding hydrogens is 1120 g/mol. The number of hydrogen-bond acceptors (Lipinski definition) is 2. The smallest absolute Gasteiger partial charge is 0.126 e. The number of benzene rings is 12. The molecule has 418 valence electrons. The number of nitrogens with zero attached hydrogens (tertiary/aromatic N) is 2. The summed E-state index contributed by atoms with van der Waals surface area (Å²) in [4.78, 5) is 18.7. The Morgan fingerprint density at radius 3 is 0.591 bits per heavy atom. The van der Waals surface area contributed by atoms with E-state index in [1.165, 1.54) is 48.5 Å². The van der Waals surface area contributed by atoms with Crippen LogP contribution in [0.25, 0.3) is 176 Å². The number of nitrogens with one attached hydrogen (secondary N) is 2. The average Bonchev–Trinajstić information content (AvgIpc) is 1.59. The summed E-state index contributed by atoms with van der Waals surface area (Å²) in [6.07, 6.45) is 0. The maximum Gasteiger partial charge on any atom is 0.126 e. The summed E-state index contributed by atoms with van der Waals surface area (Å²) in [5.74, 6) is -7.24. The van der Waals surface area contributed by atoms with Gasteiger partial charge in [-0.1, -0.05) is 97.1 Å². The van der Waals surface area contributed by atoms with Gasteiger partial charge in [-0.25, -0.2) is 45.1 Å². The van der Waals surface area contributed by atoms with Crippen LogP contribution in [0.3, 0.4) is 0 Å². The summed E-state index contributed by atoms with van der Waals surface area (Å²) in [6, 6.07) is 58.4. The minimum absolute atomic E-state index is 0.0450. The number of aromatic amines is 2. The minimum Gasteiger partial charge on any atom is -0.353 e. The summed E-state index contributed by atoms with van der Waals surface area (Å²) in [6.45, 7) is 0. The third-order valence-corrected chi connectivity index (χ3v) is 17.1. The molecule has 12 aromatic carbocycles. The average molecular weight is 1160 g/mol. The standard InChI is InChI=1S/C76H38F8N4/c77-49-17-45(18-50(78)33-49)65-69-57-25-37-9-1-2-10-38(37)26-58(57)70(85-69)66(46-19-51(79)34-52(80)20-46)72-61-29-41-13-5-6-14-42(41)30-62(61)74(87-72)68(48-23-55(83)36-56(84)24-48)76-64-32-44-16-8-7-15-43(44)31-63(64)75(88-76)67(47-21-53(81)35-54(82)22-47)73-60-28-40-12-4-3-11-39(40)27-59(60)71(65)86-73/h1-36,85,88H. The number of H-pyrrole nitrogens is 2. The second kappa shape index (κ2) is 19.1. The van der Waals surface area contributed by atoms with E-state index in [0.717, 1.165) is 67.4 Å². The highest BCUT2D eigenvalue weighted by molar-refractivity contribution is 6.25. The van der Waals surface area contributed by atoms with Gasteiger partial charge in [-0.2, -0.15) is 0 Å². The predicted octanol–water partition coefficient (Wildman–Crippen LogP) is 21.7. The fourth-order valence-electron chi connectivity index (χ4n) is 13.5. The SMILES string of the molecule is Fc1cc(F)cc(-c2c3nc(c(-c4cc(F)cc(F)c4)c4[nH]c(c(-c5cc(F)cc(F)c5)c5nc(c(-c6cc(F)cc(F)c6)c6[nH]c2c2cc7ccccc7cc62)-c2cc6ccccc6cc2-5)c2cc5ccccc5cc42)-c2cc4ccccc4cc2-3)c1. The van der Waals surface area contributed by atoms with Gasteiger partial charge in [0.2, 0.25) is 0 Å². The molecule has 0 spiro atoms. The van der Waals surface area contributed by atoms with Crippen molar-refractivity contribution in [3.05, 3.63) is 265 Å². The molecule has 17 rings (SSSR count). The molecule has 0 fully saturated rings. The van der Waals surface area contributed by atoms with Crippen LogP contribution in [-0.2, 0) is 0 Å². The highest BCUT2D eigenvalue weighted by Gasteiger charge is 2.32. The van der Waals surface area contributed by atoms with E-state index >= 15 is 35.1 Å². The van der Waals surface area contributed by atoms with E-state index in [4.69, 9.17) is 9.97 Å². The molecule has 0 amide bonds. The van der Waals surface area contributed by atoms with E-state index in [9.17, 15) is 0 Å². The predicted molar refractivity (Wildman–Crippen MR) is 336 cm³/mol. The van der Waals surface area contributed by atoms with Crippen LogP contribution >= 0.6 is 0 Å². The molecule has 2 aliphatic heterocycles. The van der Waals surface area contributed by atoms with Crippen molar-refractivity contribution < 1.29 is 35.1 Å². The molecule has 8 bridgehead atoms. The Balaban J connectivity index is 1.25. The van der Waals surface area contributed by atoms with Crippen molar-refractivity contribution >= 4 is 86.7 Å². The minimum atomic E-state index is -0.905. The fourth-order valence-corrected chi connectivity index (χ4v) is 13.5. The molecule has 12 heteroatoms. The van der Waals surface area contributed by atoms with Gasteiger partial charge in [0.1, 0.15) is 46.5 Å². The van der Waals surface area contributed by atoms with Crippen molar-refractivity contribution in [2.24, 2.45) is 0 Å². The Hall–Kier alpha value is -11.2. The Bertz CT molecular complexity index is 5040. The molecule has 14 aromatic rings. The van der Waals surface area contributed by atoms with Crippen LogP contribution < -0.4 is 0 Å². The first-order chi connectivity index (χ1) is 42.8. The topological polar surface area (TPSA) is 57.4 Å². The van der Waals surface area contributed by atoms with Crippen LogP contribution in [0, 0.1) is 46.5 Å². The summed E-state index contributed by atoms with van der Waals surface area (Å²) in [5.41, 5.74) is 4.72. The Kier molecular flexibility index (Phi) is 11.1. The molecule has 0 radical (unpaired) electrons. The van der Waals surface area contributed by atoms with Gasteiger partial charge in [0.05, 0.1) is 44.8 Å². The highest BCUT2D eigenvalue weighted by Crippen LogP contribution is 2.54. The number of aromatic nitrogens is 4. The number of rotatable bonds is 4. The van der Waals surface area contributed by atoms with E-state index in [1.54, 1.807) is 0 Å². The molecular formula is C76H38F8N4. The zero-order chi connectivity index (χ0) is 59.4. The number of halogens is 8. The fraction of sp³-hybridized carbons (Fsp3) is 0. The van der Waals surface area contributed by atoms with Gasteiger partial charge < -0.3 is 9.97 Å². The lowest BCUT2D eigenvalue weighted by atomic mass is 9.91. The van der Waals surface area contributed by atoms with E-state index in [-0.39, 0.29) is 89.4 Å². The molecule has 0 atom stereocenters. The van der Waals surface area contributed by atoms with Gasteiger partial charge in [-0.15, -0.1) is 0 Å². The molecule has 88 heavy (non-hydrogen) atoms. The molecule has 3 aliphatic rings. The Morgan fingerprint density at radius 1 is 0.216 bits per heavy atom. The van der Waals surface area contributed by atoms with Crippen molar-refractivity contribution in [1.82, 2.24) is 19.9 Å². The third-order valence-electron chi connectivity index (χ3n) is 17.1. The lowest BCUT2D eigenvalue weighted by Gasteiger charge is -2.11. The maximum absolute atomic E-state index is 16.4. The second-order valence-corrected chi connectivity index (χ2v) is 22.5. The van der Waals surface area contributed by atoms with Crippen LogP contribution in [0.5, 0.6) is 0 Å². The first-order valence-electron chi connectivity index (χ1n) is 28.3. The zero-order valence-corrected chi connectivity index (χ0v) is 45.7. The van der Waals surface area contributed by atoms with Gasteiger partial charge in [0.25, 0.3) is 0 Å². The van der Waals surface area contributed by atoms with Gasteiger partial charge in [-0.05, 0) is 162 Å². The summed E-state index contributed by atoms with van der Waals surface area (Å²) in [7, 11) is 0. The van der Waals surface area contributed by atoms with Crippen LogP contribution in [0.15, 0.2) is 218 Å². The van der Waals surface area contributed by atoms with E-state index in [0.29, 0.717) is 43.8 Å². The number of hydrogen-bond donors (Lipinski definition) is 2. The van der Waals surface area contributed by atoms with Gasteiger partial charge >= 0.3 is 0 Å². The lowest BCUT2D eigenvalue weighted by Crippen LogP contribution is -1.91. The molecule has 2 N–H and O–H groups in total. The van der Waals surface area contributed by atoms with Crippen LogP contribution in [0.2, 0.25) is 0 Å². The van der Waals surface area contributed by atoms with Crippen molar-refractivity contribution in [3.63, 3.8) is 0 Å². The maximum atomic E-state index is 16.4. The van der Waals surface area contributed by atoms with Crippen molar-refractivity contribution in [3.8, 4) is 89.5 Å². The van der Waals surface area contributed by atoms with E-state index in [2.05, 4.69) is 9.97 Å². The Morgan fingerprint density at radius 2 is 0.398 bits per heavy atom. The lowest BCUT2D eigenvalue weighted by molar-refractivity contribution is 0.583. The van der Waals surface area contributed by atoms with Crippen LogP contribution in [-0.4, -0.2) is 19.9 Å². The largest absolute Gasteiger partial charge is 0.353 e. The molecule has 0 saturated heterocycles. The molecule has 4 heterocycles. The summed E-state index contributed by atoms with van der Waals surface area (Å²) >= 11 is 0. The van der Waals surface area contributed by atoms with Gasteiger partial charge in [0.15, 0.2) is 0 Å². The molecule has 2 aromatic heterocycles. The quantitative estimate of drug-likeness (QED) is 0.173. The number of fused-ring (bicyclic) bond motifs is 4. The first-order valence-corrected chi connectivity index (χ1v) is 28.3. The first kappa shape index (κ1) is 51.2. The Labute approximate surface area is 493 Å². The van der Waals surface area contributed by atoms with E-state index in [1.807, 2.05) is 146 Å². The molecule has 4 nitrogen and oxygen atoms in total. The van der Waals surface area contributed by atoms with Gasteiger partial charge in [-0.3, -0.25) is 0 Å². The van der Waals surface area contributed by atoms with Crippen LogP contribution in [0.4, 0.5) is 35.1 Å². The van der Waals surface area contributed by atoms with E-state index < -0.39 is 46.5 Å². The van der Waals surface area contributed by atoms with Gasteiger partial charge in [0, 0.05) is 90.3 Å². The normalized spacial score (nSPS) is 12.1. The third kappa shape index (κ3) is 8.05. The summed E-state index contributed by atoms with van der Waals surface area (Å²) < 4.78 is 131. The van der Waals surface area contributed by atoms with Crippen molar-refractivity contribution in [2.75, 3.05) is 0 Å². The van der Waals surface area contributed by atoms with Crippen LogP contribution in [0.1, 0.15) is 0 Å². The zero-order valence-electron chi connectivity index (χ0n) is 45.7. The molecule has 0 saturated carbocycles. The molecule has 1 aliphatic carbocycles. The monoisotopic (exact) mass is 1160 g/mol. The highest BCUT2D eigenvalue weighted by atomic mass is 19.2. The van der Waals surface area contributed by atoms with Crippen molar-refractivity contribution in [2.45, 2.75) is 0 Å². The second-order valence-electron chi connectivity index (χ2n) is 22.5. The van der Waals surface area contributed by atoms with Crippen molar-refractivity contribution in [1.29, 1.82) is 0 Å². The summed E-state index contributed by atoms with van der Waals surface area (Å²) in [5, 5.41) is 8.08.